The molecular formula is C14H28N2O. The van der Waals surface area contributed by atoms with Crippen molar-refractivity contribution in [2.45, 2.75) is 76.5 Å². The first-order chi connectivity index (χ1) is 8.04. The first-order valence-electron chi connectivity index (χ1n) is 7.18. The first-order valence-corrected chi connectivity index (χ1v) is 7.18. The van der Waals surface area contributed by atoms with Crippen LogP contribution in [0.15, 0.2) is 0 Å². The maximum atomic E-state index is 9.68. The number of aliphatic hydroxyl groups excluding tert-OH is 1. The van der Waals surface area contributed by atoms with Gasteiger partial charge in [0.15, 0.2) is 0 Å². The molecule has 1 aliphatic carbocycles. The van der Waals surface area contributed by atoms with Gasteiger partial charge in [-0.2, -0.15) is 0 Å². The molecule has 3 heteroatoms. The van der Waals surface area contributed by atoms with E-state index in [1.165, 1.54) is 32.1 Å². The highest BCUT2D eigenvalue weighted by Crippen LogP contribution is 2.27. The third-order valence-corrected chi connectivity index (χ3v) is 4.39. The Bertz CT molecular complexity index is 245. The average Bonchev–Trinajstić information content (AvgIpc) is 3.08. The van der Waals surface area contributed by atoms with Gasteiger partial charge in [-0.05, 0) is 46.5 Å². The summed E-state index contributed by atoms with van der Waals surface area (Å²) in [5.74, 6) is 0. The lowest BCUT2D eigenvalue weighted by Crippen LogP contribution is -2.59. The van der Waals surface area contributed by atoms with Crippen molar-refractivity contribution in [1.82, 2.24) is 10.2 Å². The van der Waals surface area contributed by atoms with Crippen molar-refractivity contribution in [2.24, 2.45) is 0 Å². The zero-order valence-corrected chi connectivity index (χ0v) is 11.6. The van der Waals surface area contributed by atoms with Crippen LogP contribution in [-0.4, -0.2) is 46.8 Å². The molecule has 1 heterocycles. The summed E-state index contributed by atoms with van der Waals surface area (Å²) < 4.78 is 0. The summed E-state index contributed by atoms with van der Waals surface area (Å²) in [6.07, 6.45) is 6.51. The Morgan fingerprint density at radius 1 is 1.18 bits per heavy atom. The van der Waals surface area contributed by atoms with Crippen LogP contribution in [0.1, 0.15) is 52.9 Å². The SMILES string of the molecule is C[C@@H]1CCC[C@H](C)N1CC(C)(CO)NC1CC1. The molecule has 0 aromatic rings. The fourth-order valence-corrected chi connectivity index (χ4v) is 3.05. The van der Waals surface area contributed by atoms with E-state index in [1.807, 2.05) is 0 Å². The van der Waals surface area contributed by atoms with Crippen LogP contribution >= 0.6 is 0 Å². The van der Waals surface area contributed by atoms with Gasteiger partial charge in [0.25, 0.3) is 0 Å². The first kappa shape index (κ1) is 13.3. The number of hydrogen-bond acceptors (Lipinski definition) is 3. The van der Waals surface area contributed by atoms with Gasteiger partial charge in [0.05, 0.1) is 12.1 Å². The molecule has 1 saturated carbocycles. The van der Waals surface area contributed by atoms with Crippen LogP contribution < -0.4 is 5.32 Å². The second-order valence-corrected chi connectivity index (χ2v) is 6.44. The van der Waals surface area contributed by atoms with E-state index in [-0.39, 0.29) is 12.1 Å². The van der Waals surface area contributed by atoms with Crippen LogP contribution in [-0.2, 0) is 0 Å². The summed E-state index contributed by atoms with van der Waals surface area (Å²) in [5, 5.41) is 13.3. The van der Waals surface area contributed by atoms with Crippen molar-refractivity contribution in [3.8, 4) is 0 Å². The van der Waals surface area contributed by atoms with Crippen LogP contribution in [0.4, 0.5) is 0 Å². The minimum absolute atomic E-state index is 0.124. The maximum absolute atomic E-state index is 9.68. The lowest BCUT2D eigenvalue weighted by molar-refractivity contribution is 0.0467. The summed E-state index contributed by atoms with van der Waals surface area (Å²) in [6.45, 7) is 8.02. The number of piperidine rings is 1. The van der Waals surface area contributed by atoms with Crippen LogP contribution in [0.5, 0.6) is 0 Å². The summed E-state index contributed by atoms with van der Waals surface area (Å²) >= 11 is 0. The van der Waals surface area contributed by atoms with Gasteiger partial charge in [0, 0.05) is 24.7 Å². The second-order valence-electron chi connectivity index (χ2n) is 6.44. The Balaban J connectivity index is 1.95. The van der Waals surface area contributed by atoms with Gasteiger partial charge in [0.2, 0.25) is 0 Å². The number of hydrogen-bond donors (Lipinski definition) is 2. The minimum Gasteiger partial charge on any atom is -0.394 e. The van der Waals surface area contributed by atoms with E-state index in [0.29, 0.717) is 18.1 Å². The molecule has 1 saturated heterocycles. The van der Waals surface area contributed by atoms with Crippen molar-refractivity contribution in [3.63, 3.8) is 0 Å². The molecule has 1 aliphatic heterocycles. The largest absolute Gasteiger partial charge is 0.394 e. The summed E-state index contributed by atoms with van der Waals surface area (Å²) in [4.78, 5) is 2.58. The van der Waals surface area contributed by atoms with Gasteiger partial charge in [0.1, 0.15) is 0 Å². The van der Waals surface area contributed by atoms with Crippen molar-refractivity contribution in [3.05, 3.63) is 0 Å². The van der Waals surface area contributed by atoms with E-state index in [2.05, 4.69) is 31.0 Å². The molecule has 3 atom stereocenters. The zero-order valence-electron chi connectivity index (χ0n) is 11.6. The smallest absolute Gasteiger partial charge is 0.0623 e. The van der Waals surface area contributed by atoms with Gasteiger partial charge in [-0.1, -0.05) is 6.42 Å². The van der Waals surface area contributed by atoms with E-state index in [9.17, 15) is 5.11 Å². The molecule has 0 bridgehead atoms. The molecule has 0 radical (unpaired) electrons. The molecule has 2 rings (SSSR count). The normalized spacial score (nSPS) is 34.6. The van der Waals surface area contributed by atoms with Crippen molar-refractivity contribution in [1.29, 1.82) is 0 Å². The standard InChI is InChI=1S/C14H28N2O/c1-11-5-4-6-12(2)16(11)9-14(3,10-17)15-13-7-8-13/h11-13,15,17H,4-10H2,1-3H3/t11-,12+,14?. The predicted molar refractivity (Wildman–Crippen MR) is 71.1 cm³/mol. The number of likely N-dealkylation sites (tertiary alicyclic amines) is 1. The lowest BCUT2D eigenvalue weighted by Gasteiger charge is -2.44. The molecular weight excluding hydrogens is 212 g/mol. The zero-order chi connectivity index (χ0) is 12.5. The average molecular weight is 240 g/mol. The third-order valence-electron chi connectivity index (χ3n) is 4.39. The monoisotopic (exact) mass is 240 g/mol. The third kappa shape index (κ3) is 3.43. The summed E-state index contributed by atoms with van der Waals surface area (Å²) in [6, 6.07) is 1.97. The summed E-state index contributed by atoms with van der Waals surface area (Å²) in [7, 11) is 0. The fourth-order valence-electron chi connectivity index (χ4n) is 3.05. The molecule has 2 N–H and O–H groups in total. The summed E-state index contributed by atoms with van der Waals surface area (Å²) in [5.41, 5.74) is -0.124. The molecule has 0 aromatic carbocycles. The van der Waals surface area contributed by atoms with Crippen molar-refractivity contribution < 1.29 is 5.11 Å². The topological polar surface area (TPSA) is 35.5 Å². The number of rotatable bonds is 5. The Morgan fingerprint density at radius 2 is 1.76 bits per heavy atom. The highest BCUT2D eigenvalue weighted by molar-refractivity contribution is 4.96. The van der Waals surface area contributed by atoms with Gasteiger partial charge in [-0.15, -0.1) is 0 Å². The molecule has 2 fully saturated rings. The Kier molecular flexibility index (Phi) is 4.11. The van der Waals surface area contributed by atoms with E-state index < -0.39 is 0 Å². The van der Waals surface area contributed by atoms with Crippen LogP contribution in [0, 0.1) is 0 Å². The predicted octanol–water partition coefficient (Wildman–Crippen LogP) is 1.75. The van der Waals surface area contributed by atoms with Gasteiger partial charge in [-0.3, -0.25) is 4.90 Å². The molecule has 0 spiro atoms. The fraction of sp³-hybridized carbons (Fsp3) is 1.00. The van der Waals surface area contributed by atoms with Crippen LogP contribution in [0.3, 0.4) is 0 Å². The second kappa shape index (κ2) is 5.25. The number of aliphatic hydroxyl groups is 1. The van der Waals surface area contributed by atoms with Crippen molar-refractivity contribution >= 4 is 0 Å². The molecule has 0 amide bonds. The maximum Gasteiger partial charge on any atom is 0.0623 e. The molecule has 17 heavy (non-hydrogen) atoms. The lowest BCUT2D eigenvalue weighted by atomic mass is 9.93. The Morgan fingerprint density at radius 3 is 2.24 bits per heavy atom. The number of nitrogens with zero attached hydrogens (tertiary/aromatic N) is 1. The minimum atomic E-state index is -0.124. The number of nitrogens with one attached hydrogen (secondary N) is 1. The molecule has 2 aliphatic rings. The van der Waals surface area contributed by atoms with E-state index >= 15 is 0 Å². The van der Waals surface area contributed by atoms with Gasteiger partial charge in [-0.25, -0.2) is 0 Å². The van der Waals surface area contributed by atoms with Crippen LogP contribution in [0.2, 0.25) is 0 Å². The molecule has 100 valence electrons. The molecule has 1 unspecified atom stereocenters. The van der Waals surface area contributed by atoms with Gasteiger partial charge < -0.3 is 10.4 Å². The van der Waals surface area contributed by atoms with Crippen molar-refractivity contribution in [2.75, 3.05) is 13.2 Å². The Hall–Kier alpha value is -0.120. The van der Waals surface area contributed by atoms with E-state index in [1.54, 1.807) is 0 Å². The van der Waals surface area contributed by atoms with E-state index in [0.717, 1.165) is 6.54 Å². The Labute approximate surface area is 106 Å². The molecule has 0 aromatic heterocycles. The highest BCUT2D eigenvalue weighted by atomic mass is 16.3. The molecule has 3 nitrogen and oxygen atoms in total. The quantitative estimate of drug-likeness (QED) is 0.768. The van der Waals surface area contributed by atoms with E-state index in [4.69, 9.17) is 0 Å². The highest BCUT2D eigenvalue weighted by Gasteiger charge is 2.36. The van der Waals surface area contributed by atoms with Gasteiger partial charge >= 0.3 is 0 Å². The van der Waals surface area contributed by atoms with Crippen LogP contribution in [0.25, 0.3) is 0 Å².